The van der Waals surface area contributed by atoms with E-state index in [-0.39, 0.29) is 17.6 Å². The number of ether oxygens (including phenoxy) is 3. The molecule has 1 aliphatic rings. The minimum atomic E-state index is -0.452. The van der Waals surface area contributed by atoms with Crippen LogP contribution in [0.1, 0.15) is 27.6 Å². The smallest absolute Gasteiger partial charge is 0.409 e. The first-order valence-corrected chi connectivity index (χ1v) is 10.3. The van der Waals surface area contributed by atoms with Gasteiger partial charge in [-0.1, -0.05) is 18.2 Å². The molecular formula is C23H27N3O6. The number of nitrogens with zero attached hydrogens (tertiary/aromatic N) is 2. The van der Waals surface area contributed by atoms with Crippen molar-refractivity contribution >= 4 is 23.6 Å². The third-order valence-electron chi connectivity index (χ3n) is 5.15. The fraction of sp³-hybridized carbons (Fsp3) is 0.348. The predicted molar refractivity (Wildman–Crippen MR) is 118 cm³/mol. The maximum atomic E-state index is 13.2. The van der Waals surface area contributed by atoms with Gasteiger partial charge in [-0.25, -0.2) is 4.79 Å². The second-order valence-electron chi connectivity index (χ2n) is 7.02. The first-order valence-electron chi connectivity index (χ1n) is 10.3. The van der Waals surface area contributed by atoms with Gasteiger partial charge in [0.15, 0.2) is 0 Å². The largest absolute Gasteiger partial charge is 0.496 e. The molecule has 3 amide bonds. The van der Waals surface area contributed by atoms with Gasteiger partial charge in [0, 0.05) is 26.2 Å². The summed E-state index contributed by atoms with van der Waals surface area (Å²) in [4.78, 5) is 41.4. The highest BCUT2D eigenvalue weighted by Gasteiger charge is 2.27. The minimum absolute atomic E-state index is 0.226. The Labute approximate surface area is 186 Å². The molecule has 170 valence electrons. The van der Waals surface area contributed by atoms with E-state index < -0.39 is 5.91 Å². The molecular weight excluding hydrogens is 414 g/mol. The van der Waals surface area contributed by atoms with Crippen LogP contribution in [0.25, 0.3) is 0 Å². The van der Waals surface area contributed by atoms with Gasteiger partial charge >= 0.3 is 6.09 Å². The number of anilines is 1. The van der Waals surface area contributed by atoms with E-state index in [1.807, 2.05) is 0 Å². The normalized spacial score (nSPS) is 13.3. The fourth-order valence-electron chi connectivity index (χ4n) is 3.52. The molecule has 0 aliphatic carbocycles. The minimum Gasteiger partial charge on any atom is -0.496 e. The topological polar surface area (TPSA) is 97.4 Å². The Morgan fingerprint density at radius 1 is 0.875 bits per heavy atom. The lowest BCUT2D eigenvalue weighted by atomic mass is 10.1. The van der Waals surface area contributed by atoms with Gasteiger partial charge in [-0.2, -0.15) is 0 Å². The van der Waals surface area contributed by atoms with E-state index in [1.165, 1.54) is 14.2 Å². The van der Waals surface area contributed by atoms with Gasteiger partial charge in [0.05, 0.1) is 32.1 Å². The Morgan fingerprint density at radius 3 is 2.06 bits per heavy atom. The summed E-state index contributed by atoms with van der Waals surface area (Å²) in [6, 6.07) is 11.9. The number of carbonyl (C=O) groups is 3. The number of para-hydroxylation sites is 1. The number of amides is 3. The van der Waals surface area contributed by atoms with Crippen LogP contribution in [0.15, 0.2) is 42.5 Å². The lowest BCUT2D eigenvalue weighted by Gasteiger charge is -2.34. The van der Waals surface area contributed by atoms with Crippen molar-refractivity contribution in [2.75, 3.05) is 52.3 Å². The molecule has 2 aromatic rings. The second kappa shape index (κ2) is 10.5. The molecule has 0 atom stereocenters. The van der Waals surface area contributed by atoms with Gasteiger partial charge in [-0.05, 0) is 31.2 Å². The molecule has 1 aliphatic heterocycles. The van der Waals surface area contributed by atoms with E-state index in [1.54, 1.807) is 59.2 Å². The van der Waals surface area contributed by atoms with E-state index >= 15 is 0 Å². The van der Waals surface area contributed by atoms with Crippen molar-refractivity contribution in [1.29, 1.82) is 0 Å². The zero-order valence-electron chi connectivity index (χ0n) is 18.4. The molecule has 0 bridgehead atoms. The predicted octanol–water partition coefficient (Wildman–Crippen LogP) is 2.87. The van der Waals surface area contributed by atoms with Crippen LogP contribution in [0.3, 0.4) is 0 Å². The summed E-state index contributed by atoms with van der Waals surface area (Å²) in [5.74, 6) is 0.0459. The molecule has 1 fully saturated rings. The number of methoxy groups -OCH3 is 2. The fourth-order valence-corrected chi connectivity index (χ4v) is 3.52. The summed E-state index contributed by atoms with van der Waals surface area (Å²) < 4.78 is 15.6. The Kier molecular flexibility index (Phi) is 7.54. The number of hydrogen-bond acceptors (Lipinski definition) is 6. The summed E-state index contributed by atoms with van der Waals surface area (Å²) in [5.41, 5.74) is 0.977. The van der Waals surface area contributed by atoms with Crippen molar-refractivity contribution in [3.8, 4) is 11.5 Å². The SMILES string of the molecule is CCOC(=O)N1CCN(C(=O)c2ccccc2NC(=O)c2c(OC)cccc2OC)CC1. The summed E-state index contributed by atoms with van der Waals surface area (Å²) in [6.45, 7) is 3.58. The molecule has 32 heavy (non-hydrogen) atoms. The van der Waals surface area contributed by atoms with E-state index in [9.17, 15) is 14.4 Å². The van der Waals surface area contributed by atoms with Gasteiger partial charge in [0.2, 0.25) is 0 Å². The third kappa shape index (κ3) is 4.93. The highest BCUT2D eigenvalue weighted by molar-refractivity contribution is 6.11. The lowest BCUT2D eigenvalue weighted by molar-refractivity contribution is 0.0571. The summed E-state index contributed by atoms with van der Waals surface area (Å²) >= 11 is 0. The van der Waals surface area contributed by atoms with Crippen LogP contribution >= 0.6 is 0 Å². The highest BCUT2D eigenvalue weighted by atomic mass is 16.6. The Hall–Kier alpha value is -3.75. The number of carbonyl (C=O) groups excluding carboxylic acids is 3. The van der Waals surface area contributed by atoms with Crippen molar-refractivity contribution in [2.45, 2.75) is 6.92 Å². The van der Waals surface area contributed by atoms with Crippen LogP contribution in [-0.4, -0.2) is 74.7 Å². The molecule has 0 unspecified atom stereocenters. The average Bonchev–Trinajstić information content (AvgIpc) is 2.83. The molecule has 1 heterocycles. The van der Waals surface area contributed by atoms with E-state index in [0.717, 1.165) is 0 Å². The summed E-state index contributed by atoms with van der Waals surface area (Å²) in [5, 5.41) is 2.81. The van der Waals surface area contributed by atoms with E-state index in [0.29, 0.717) is 55.5 Å². The zero-order chi connectivity index (χ0) is 23.1. The second-order valence-corrected chi connectivity index (χ2v) is 7.02. The zero-order valence-corrected chi connectivity index (χ0v) is 18.4. The van der Waals surface area contributed by atoms with Crippen molar-refractivity contribution in [1.82, 2.24) is 9.80 Å². The number of nitrogens with one attached hydrogen (secondary N) is 1. The number of piperazine rings is 1. The Bertz CT molecular complexity index is 963. The van der Waals surface area contributed by atoms with Gasteiger partial charge in [-0.3, -0.25) is 9.59 Å². The molecule has 9 nitrogen and oxygen atoms in total. The van der Waals surface area contributed by atoms with Crippen LogP contribution in [0, 0.1) is 0 Å². The van der Waals surface area contributed by atoms with Crippen molar-refractivity contribution in [3.63, 3.8) is 0 Å². The number of benzene rings is 2. The number of hydrogen-bond donors (Lipinski definition) is 1. The van der Waals surface area contributed by atoms with Crippen molar-refractivity contribution in [2.24, 2.45) is 0 Å². The van der Waals surface area contributed by atoms with E-state index in [2.05, 4.69) is 5.32 Å². The summed E-state index contributed by atoms with van der Waals surface area (Å²) in [6.07, 6.45) is -0.377. The third-order valence-corrected chi connectivity index (χ3v) is 5.15. The van der Waals surface area contributed by atoms with Crippen LogP contribution in [0.5, 0.6) is 11.5 Å². The molecule has 2 aromatic carbocycles. The van der Waals surface area contributed by atoms with Gasteiger partial charge in [0.1, 0.15) is 17.1 Å². The maximum absolute atomic E-state index is 13.2. The molecule has 1 N–H and O–H groups in total. The maximum Gasteiger partial charge on any atom is 0.409 e. The lowest BCUT2D eigenvalue weighted by Crippen LogP contribution is -2.50. The summed E-state index contributed by atoms with van der Waals surface area (Å²) in [7, 11) is 2.94. The van der Waals surface area contributed by atoms with E-state index in [4.69, 9.17) is 14.2 Å². The van der Waals surface area contributed by atoms with Crippen LogP contribution < -0.4 is 14.8 Å². The Morgan fingerprint density at radius 2 is 1.47 bits per heavy atom. The first-order chi connectivity index (χ1) is 15.5. The monoisotopic (exact) mass is 441 g/mol. The quantitative estimate of drug-likeness (QED) is 0.740. The van der Waals surface area contributed by atoms with Crippen LogP contribution in [0.2, 0.25) is 0 Å². The van der Waals surface area contributed by atoms with Gasteiger partial charge < -0.3 is 29.3 Å². The number of rotatable bonds is 6. The van der Waals surface area contributed by atoms with Gasteiger partial charge in [-0.15, -0.1) is 0 Å². The molecule has 0 saturated carbocycles. The molecule has 0 spiro atoms. The molecule has 0 radical (unpaired) electrons. The first kappa shape index (κ1) is 22.9. The van der Waals surface area contributed by atoms with Gasteiger partial charge in [0.25, 0.3) is 11.8 Å². The standard InChI is InChI=1S/C23H27N3O6/c1-4-32-23(29)26-14-12-25(13-15-26)22(28)16-8-5-6-9-17(16)24-21(27)20-18(30-2)10-7-11-19(20)31-3/h5-11H,4,12-15H2,1-3H3,(H,24,27). The Balaban J connectivity index is 1.77. The van der Waals surface area contributed by atoms with Crippen LogP contribution in [-0.2, 0) is 4.74 Å². The van der Waals surface area contributed by atoms with Crippen molar-refractivity contribution in [3.05, 3.63) is 53.6 Å². The highest BCUT2D eigenvalue weighted by Crippen LogP contribution is 2.29. The van der Waals surface area contributed by atoms with Crippen LogP contribution in [0.4, 0.5) is 10.5 Å². The average molecular weight is 441 g/mol. The molecule has 0 aromatic heterocycles. The molecule has 1 saturated heterocycles. The molecule has 9 heteroatoms. The molecule has 3 rings (SSSR count). The van der Waals surface area contributed by atoms with Crippen molar-refractivity contribution < 1.29 is 28.6 Å².